The van der Waals surface area contributed by atoms with Crippen LogP contribution in [-0.4, -0.2) is 164 Å². The molecule has 0 bridgehead atoms. The Kier molecular flexibility index (Phi) is 28.0. The number of benzene rings is 6. The Labute approximate surface area is 611 Å². The first-order chi connectivity index (χ1) is 49.4. The summed E-state index contributed by atoms with van der Waals surface area (Å²) in [5.41, 5.74) is 4.10. The number of anilines is 2. The molecule has 8 atom stereocenters. The maximum Gasteiger partial charge on any atom is 0.413 e. The van der Waals surface area contributed by atoms with Crippen LogP contribution in [0.2, 0.25) is 0 Å². The summed E-state index contributed by atoms with van der Waals surface area (Å²) < 4.78 is 40.6. The van der Waals surface area contributed by atoms with Crippen LogP contribution >= 0.6 is 0 Å². The minimum absolute atomic E-state index is 0.142. The van der Waals surface area contributed by atoms with E-state index in [1.807, 2.05) is 147 Å². The Balaban J connectivity index is 0.941. The van der Waals surface area contributed by atoms with Gasteiger partial charge in [0.25, 0.3) is 12.6 Å². The molecule has 6 aromatic rings. The number of esters is 4. The fourth-order valence-electron chi connectivity index (χ4n) is 13.2. The van der Waals surface area contributed by atoms with Crippen LogP contribution in [-0.2, 0) is 74.8 Å². The lowest BCUT2D eigenvalue weighted by Gasteiger charge is -2.36. The van der Waals surface area contributed by atoms with Gasteiger partial charge < -0.3 is 53.6 Å². The molecule has 0 aliphatic carbocycles. The average molecular weight is 1430 g/mol. The minimum Gasteiger partial charge on any atom is -0.466 e. The van der Waals surface area contributed by atoms with Crippen molar-refractivity contribution in [3.63, 3.8) is 0 Å². The van der Waals surface area contributed by atoms with Crippen molar-refractivity contribution in [2.45, 2.75) is 184 Å². The molecule has 2 fully saturated rings. The van der Waals surface area contributed by atoms with Gasteiger partial charge in [-0.05, 0) is 141 Å². The lowest BCUT2D eigenvalue weighted by Crippen LogP contribution is -2.54. The molecule has 0 saturated carbocycles. The second-order valence-corrected chi connectivity index (χ2v) is 29.2. The molecule has 2 N–H and O–H groups in total. The molecule has 6 aromatic carbocycles. The molecule has 560 valence electrons. The fourth-order valence-corrected chi connectivity index (χ4v) is 13.2. The lowest BCUT2D eigenvalue weighted by molar-refractivity contribution is -0.182. The summed E-state index contributed by atoms with van der Waals surface area (Å²) >= 11 is 0. The summed E-state index contributed by atoms with van der Waals surface area (Å²) in [5.74, 6) is -6.61. The van der Waals surface area contributed by atoms with Gasteiger partial charge in [0.1, 0.15) is 30.8 Å². The summed E-state index contributed by atoms with van der Waals surface area (Å²) in [6.07, 6.45) is -3.95. The van der Waals surface area contributed by atoms with Crippen LogP contribution in [0.5, 0.6) is 0 Å². The highest BCUT2D eigenvalue weighted by molar-refractivity contribution is 5.92. The molecule has 23 heteroatoms. The summed E-state index contributed by atoms with van der Waals surface area (Å²) in [4.78, 5) is 135. The Morgan fingerprint density at radius 1 is 0.462 bits per heavy atom. The van der Waals surface area contributed by atoms with Gasteiger partial charge in [0.05, 0.1) is 50.2 Å². The predicted molar refractivity (Wildman–Crippen MR) is 397 cm³/mol. The number of rotatable bonds is 30. The van der Waals surface area contributed by atoms with Crippen molar-refractivity contribution in [1.29, 1.82) is 0 Å². The minimum atomic E-state index is -1.43. The van der Waals surface area contributed by atoms with E-state index in [0.29, 0.717) is 52.2 Å². The summed E-state index contributed by atoms with van der Waals surface area (Å²) in [6.45, 7) is 27.0. The van der Waals surface area contributed by atoms with Gasteiger partial charge in [-0.3, -0.25) is 33.9 Å². The molecule has 0 aromatic heterocycles. The van der Waals surface area contributed by atoms with E-state index in [-0.39, 0.29) is 36.9 Å². The summed E-state index contributed by atoms with van der Waals surface area (Å²) in [6, 6.07) is 38.5. The highest BCUT2D eigenvalue weighted by Gasteiger charge is 2.42. The third kappa shape index (κ3) is 21.4. The predicted octanol–water partition coefficient (Wildman–Crippen LogP) is 13.0. The van der Waals surface area contributed by atoms with Crippen LogP contribution in [0.3, 0.4) is 0 Å². The summed E-state index contributed by atoms with van der Waals surface area (Å²) in [7, 11) is 0. The number of hydrogen-bond donors (Lipinski definition) is 2. The Morgan fingerprint density at radius 3 is 1.17 bits per heavy atom. The molecule has 3 unspecified atom stereocenters. The topological polar surface area (TPSA) is 258 Å². The number of nitrogens with zero attached hydrogens (tertiary/aromatic N) is 5. The highest BCUT2D eigenvalue weighted by atomic mass is 16.7. The second kappa shape index (κ2) is 36.5. The Morgan fingerprint density at radius 2 is 0.827 bits per heavy atom. The Bertz CT molecular complexity index is 3700. The van der Waals surface area contributed by atoms with Crippen LogP contribution in [0.4, 0.5) is 25.8 Å². The van der Waals surface area contributed by atoms with Gasteiger partial charge in [-0.2, -0.15) is 0 Å². The van der Waals surface area contributed by atoms with Crippen LogP contribution in [0.15, 0.2) is 133 Å². The number of carbonyl (C=O) groups is 9. The van der Waals surface area contributed by atoms with Gasteiger partial charge >= 0.3 is 42.2 Å². The van der Waals surface area contributed by atoms with Crippen molar-refractivity contribution in [2.75, 3.05) is 62.3 Å². The van der Waals surface area contributed by atoms with Gasteiger partial charge in [0, 0.05) is 49.4 Å². The van der Waals surface area contributed by atoms with Crippen LogP contribution in [0, 0.1) is 23.7 Å². The molecule has 2 aliphatic rings. The van der Waals surface area contributed by atoms with Crippen molar-refractivity contribution in [1.82, 2.24) is 25.3 Å². The van der Waals surface area contributed by atoms with Crippen molar-refractivity contribution in [3.05, 3.63) is 156 Å². The van der Waals surface area contributed by atoms with Crippen molar-refractivity contribution < 1.29 is 76.3 Å². The first kappa shape index (κ1) is 79.8. The first-order valence-corrected chi connectivity index (χ1v) is 36.3. The van der Waals surface area contributed by atoms with Crippen LogP contribution < -0.4 is 20.4 Å². The van der Waals surface area contributed by atoms with E-state index in [1.54, 1.807) is 99.8 Å². The number of nitrogens with one attached hydrogen (secondary N) is 2. The van der Waals surface area contributed by atoms with Crippen molar-refractivity contribution >= 4 is 86.9 Å². The molecule has 2 aliphatic heterocycles. The second-order valence-electron chi connectivity index (χ2n) is 29.2. The van der Waals surface area contributed by atoms with Gasteiger partial charge in [-0.15, -0.1) is 0 Å². The van der Waals surface area contributed by atoms with E-state index in [2.05, 4.69) is 20.4 Å². The van der Waals surface area contributed by atoms with Gasteiger partial charge in [-0.25, -0.2) is 24.0 Å². The third-order valence-electron chi connectivity index (χ3n) is 18.6. The van der Waals surface area contributed by atoms with E-state index in [9.17, 15) is 33.6 Å². The molecular formula is C81H105N7O16. The lowest BCUT2D eigenvalue weighted by atomic mass is 9.97. The quantitative estimate of drug-likeness (QED) is 0.0241. The van der Waals surface area contributed by atoms with E-state index in [0.717, 1.165) is 60.1 Å². The maximum absolute atomic E-state index is 15.0. The third-order valence-corrected chi connectivity index (χ3v) is 18.6. The number of ether oxygens (including phenoxy) is 7. The zero-order valence-corrected chi connectivity index (χ0v) is 62.9. The van der Waals surface area contributed by atoms with E-state index < -0.39 is 121 Å². The smallest absolute Gasteiger partial charge is 0.413 e. The van der Waals surface area contributed by atoms with Gasteiger partial charge in [-0.1, -0.05) is 165 Å². The molecular weight excluding hydrogens is 1330 g/mol. The van der Waals surface area contributed by atoms with Gasteiger partial charge in [0.15, 0.2) is 0 Å². The molecule has 0 spiro atoms. The first-order valence-electron chi connectivity index (χ1n) is 36.3. The number of amides is 5. The van der Waals surface area contributed by atoms with Crippen molar-refractivity contribution in [3.8, 4) is 0 Å². The monoisotopic (exact) mass is 1430 g/mol. The molecule has 8 rings (SSSR count). The molecule has 104 heavy (non-hydrogen) atoms. The Hall–Kier alpha value is -9.93. The molecule has 0 radical (unpaired) electrons. The van der Waals surface area contributed by atoms with E-state index >= 15 is 9.59 Å². The maximum atomic E-state index is 15.0. The van der Waals surface area contributed by atoms with E-state index in [4.69, 9.17) is 33.2 Å². The molecule has 2 heterocycles. The normalized spacial score (nSPS) is 16.3. The molecule has 2 saturated heterocycles. The molecule has 5 amide bonds. The molecule has 23 nitrogen and oxygen atoms in total. The van der Waals surface area contributed by atoms with Crippen molar-refractivity contribution in [2.24, 2.45) is 23.7 Å². The van der Waals surface area contributed by atoms with Gasteiger partial charge in [0.2, 0.25) is 11.8 Å². The number of fused-ring (bicyclic) bond motifs is 2. The standard InChI is InChI=1S/C81H105N7O16/c1-16-98-70(91)44-56-32-36-60(37-33-56)84-42-40-62(46-84)87(54(11)64-30-22-26-58-24-18-20-28-66(58)64)79(96)102-76(52(7)8)100-74(93)72(50(3)4)82-68(89)48-86(78(95)104-81(13,14)15)49-69(90)83-73(51(5)6)75(94)101-77(53(9)10)103-80(97)88(55(12)65-31-23-27-59-25-19-21-29-67(59)65)63-41-43-85(47-63)61-38-34-57(35-39-61)45-71(92)99-17-2/h18-39,50-55,62-63,72-73,76-77H,16-17,40-49H2,1-15H3,(H,82,89)(H,83,90)/t54-,55-,62+,63?,72+,73+,76?,77?/m1/s1. The fraction of sp³-hybridized carbons (Fsp3) is 0.494. The SMILES string of the molecule is CCOC(=O)Cc1ccc(N2CCC(N(C(=O)OC(OC(=O)[C@@H](NC(=O)CN(CC(=O)N[C@H](C(=O)OC(OC(=O)N([C@H]3CCN(c4ccc(CC(=O)OCC)cc4)C3)[C@H](C)c3cccc4ccccc34)C(C)C)C(C)C)C(=O)OC(C)(C)C)C(C)C)C(C)C)[C@H](C)c3cccc4ccccc34)C2)cc1. The van der Waals surface area contributed by atoms with Crippen LogP contribution in [0.25, 0.3) is 21.5 Å². The zero-order valence-electron chi connectivity index (χ0n) is 62.9. The average Bonchev–Trinajstić information content (AvgIpc) is 1.35. The number of hydrogen-bond acceptors (Lipinski definition) is 18. The summed E-state index contributed by atoms with van der Waals surface area (Å²) in [5, 5.41) is 9.24. The highest BCUT2D eigenvalue weighted by Crippen LogP contribution is 2.37. The number of carbonyl (C=O) groups excluding carboxylic acids is 9. The van der Waals surface area contributed by atoms with Crippen LogP contribution in [0.1, 0.15) is 151 Å². The van der Waals surface area contributed by atoms with E-state index in [1.165, 1.54) is 0 Å². The zero-order chi connectivity index (χ0) is 75.7. The largest absolute Gasteiger partial charge is 0.466 e.